The van der Waals surface area contributed by atoms with E-state index in [2.05, 4.69) is 4.90 Å². The van der Waals surface area contributed by atoms with Crippen LogP contribution in [0.2, 0.25) is 0 Å². The van der Waals surface area contributed by atoms with Gasteiger partial charge in [0.15, 0.2) is 0 Å². The van der Waals surface area contributed by atoms with E-state index < -0.39 is 0 Å². The van der Waals surface area contributed by atoms with E-state index in [1.54, 1.807) is 13.0 Å². The average molecular weight is 328 g/mol. The van der Waals surface area contributed by atoms with Crippen LogP contribution >= 0.6 is 0 Å². The molecule has 0 unspecified atom stereocenters. The molecule has 2 aromatic rings. The standard InChI is InChI=1S/C19H21FN2O2/c1-2-24-19(23)10-14-4-6-17(11-18(14)21)22-8-7-13-3-5-16(20)9-15(13)12-22/h3-6,9,11H,2,7-8,10,12,21H2,1H3. The normalized spacial score (nSPS) is 13.5. The maximum Gasteiger partial charge on any atom is 0.310 e. The second-order valence-corrected chi connectivity index (χ2v) is 5.95. The third kappa shape index (κ3) is 3.50. The zero-order valence-corrected chi connectivity index (χ0v) is 13.7. The van der Waals surface area contributed by atoms with Gasteiger partial charge in [0.2, 0.25) is 0 Å². The first kappa shape index (κ1) is 16.3. The summed E-state index contributed by atoms with van der Waals surface area (Å²) in [4.78, 5) is 13.8. The van der Waals surface area contributed by atoms with Crippen LogP contribution in [0, 0.1) is 5.82 Å². The average Bonchev–Trinajstić information content (AvgIpc) is 2.56. The van der Waals surface area contributed by atoms with Crippen LogP contribution < -0.4 is 10.6 Å². The summed E-state index contributed by atoms with van der Waals surface area (Å²) in [5.74, 6) is -0.487. The van der Waals surface area contributed by atoms with E-state index in [4.69, 9.17) is 10.5 Å². The largest absolute Gasteiger partial charge is 0.466 e. The van der Waals surface area contributed by atoms with Gasteiger partial charge in [-0.1, -0.05) is 12.1 Å². The highest BCUT2D eigenvalue weighted by Crippen LogP contribution is 2.28. The van der Waals surface area contributed by atoms with Crippen LogP contribution in [0.25, 0.3) is 0 Å². The number of nitrogens with two attached hydrogens (primary N) is 1. The smallest absolute Gasteiger partial charge is 0.310 e. The molecule has 0 aliphatic carbocycles. The number of nitrogens with zero attached hydrogens (tertiary/aromatic N) is 1. The van der Waals surface area contributed by atoms with Crippen LogP contribution in [-0.2, 0) is 28.9 Å². The van der Waals surface area contributed by atoms with E-state index in [1.165, 1.54) is 11.6 Å². The molecule has 5 heteroatoms. The second kappa shape index (κ2) is 6.91. The van der Waals surface area contributed by atoms with Gasteiger partial charge in [-0.05, 0) is 54.3 Å². The topological polar surface area (TPSA) is 55.6 Å². The molecule has 1 aliphatic rings. The zero-order chi connectivity index (χ0) is 17.1. The summed E-state index contributed by atoms with van der Waals surface area (Å²) < 4.78 is 18.4. The Bertz CT molecular complexity index is 761. The first-order chi connectivity index (χ1) is 11.6. The van der Waals surface area contributed by atoms with Gasteiger partial charge in [-0.25, -0.2) is 4.39 Å². The predicted molar refractivity (Wildman–Crippen MR) is 92.3 cm³/mol. The monoisotopic (exact) mass is 328 g/mol. The van der Waals surface area contributed by atoms with E-state index in [9.17, 15) is 9.18 Å². The molecule has 0 bridgehead atoms. The van der Waals surface area contributed by atoms with Gasteiger partial charge in [0.1, 0.15) is 5.82 Å². The molecule has 0 spiro atoms. The summed E-state index contributed by atoms with van der Waals surface area (Å²) in [6.07, 6.45) is 1.05. The highest BCUT2D eigenvalue weighted by molar-refractivity contribution is 5.76. The Kier molecular flexibility index (Phi) is 4.69. The fourth-order valence-corrected chi connectivity index (χ4v) is 3.05. The third-order valence-electron chi connectivity index (χ3n) is 4.32. The molecule has 0 saturated heterocycles. The van der Waals surface area contributed by atoms with Gasteiger partial charge < -0.3 is 15.4 Å². The minimum Gasteiger partial charge on any atom is -0.466 e. The fourth-order valence-electron chi connectivity index (χ4n) is 3.05. The fraction of sp³-hybridized carbons (Fsp3) is 0.316. The lowest BCUT2D eigenvalue weighted by molar-refractivity contribution is -0.142. The summed E-state index contributed by atoms with van der Waals surface area (Å²) in [6, 6.07) is 10.7. The number of nitrogen functional groups attached to an aromatic ring is 1. The summed E-state index contributed by atoms with van der Waals surface area (Å²) in [6.45, 7) is 3.65. The molecule has 0 amide bonds. The first-order valence-electron chi connectivity index (χ1n) is 8.13. The van der Waals surface area contributed by atoms with Gasteiger partial charge in [-0.3, -0.25) is 4.79 Å². The Labute approximate surface area is 141 Å². The van der Waals surface area contributed by atoms with E-state index >= 15 is 0 Å². The Morgan fingerprint density at radius 2 is 2.08 bits per heavy atom. The van der Waals surface area contributed by atoms with Gasteiger partial charge in [0.05, 0.1) is 13.0 Å². The SMILES string of the molecule is CCOC(=O)Cc1ccc(N2CCc3ccc(F)cc3C2)cc1N. The van der Waals surface area contributed by atoms with Crippen LogP contribution in [-0.4, -0.2) is 19.1 Å². The number of hydrogen-bond donors (Lipinski definition) is 1. The van der Waals surface area contributed by atoms with Crippen molar-refractivity contribution < 1.29 is 13.9 Å². The summed E-state index contributed by atoms with van der Waals surface area (Å²) in [7, 11) is 0. The number of hydrogen-bond acceptors (Lipinski definition) is 4. The van der Waals surface area contributed by atoms with Crippen LogP contribution in [0.1, 0.15) is 23.6 Å². The molecule has 24 heavy (non-hydrogen) atoms. The van der Waals surface area contributed by atoms with Gasteiger partial charge in [0.25, 0.3) is 0 Å². The zero-order valence-electron chi connectivity index (χ0n) is 13.7. The third-order valence-corrected chi connectivity index (χ3v) is 4.32. The van der Waals surface area contributed by atoms with Gasteiger partial charge in [-0.15, -0.1) is 0 Å². The van der Waals surface area contributed by atoms with Gasteiger partial charge in [-0.2, -0.15) is 0 Å². The van der Waals surface area contributed by atoms with E-state index in [0.29, 0.717) is 18.8 Å². The molecule has 0 aromatic heterocycles. The minimum atomic E-state index is -0.278. The summed E-state index contributed by atoms with van der Waals surface area (Å²) >= 11 is 0. The predicted octanol–water partition coefficient (Wildman–Crippen LogP) is 3.08. The first-order valence-corrected chi connectivity index (χ1v) is 8.13. The lowest BCUT2D eigenvalue weighted by Crippen LogP contribution is -2.30. The highest BCUT2D eigenvalue weighted by Gasteiger charge is 2.18. The lowest BCUT2D eigenvalue weighted by Gasteiger charge is -2.31. The van der Waals surface area contributed by atoms with Crippen molar-refractivity contribution >= 4 is 17.3 Å². The molecular formula is C19H21FN2O2. The summed E-state index contributed by atoms with van der Waals surface area (Å²) in [5, 5.41) is 0. The number of benzene rings is 2. The molecule has 0 radical (unpaired) electrons. The maximum atomic E-state index is 13.4. The van der Waals surface area contributed by atoms with Crippen LogP contribution in [0.3, 0.4) is 0 Å². The molecule has 1 heterocycles. The molecule has 1 aliphatic heterocycles. The van der Waals surface area contributed by atoms with Crippen LogP contribution in [0.5, 0.6) is 0 Å². The van der Waals surface area contributed by atoms with Gasteiger partial charge in [0, 0.05) is 24.5 Å². The van der Waals surface area contributed by atoms with Crippen molar-refractivity contribution in [2.75, 3.05) is 23.8 Å². The van der Waals surface area contributed by atoms with Crippen molar-refractivity contribution in [2.45, 2.75) is 26.3 Å². The molecule has 0 fully saturated rings. The van der Waals surface area contributed by atoms with Crippen molar-refractivity contribution in [3.05, 3.63) is 58.9 Å². The van der Waals surface area contributed by atoms with E-state index in [0.717, 1.165) is 29.8 Å². The molecule has 4 nitrogen and oxygen atoms in total. The number of anilines is 2. The number of carbonyl (C=O) groups is 1. The number of halogens is 1. The number of rotatable bonds is 4. The van der Waals surface area contributed by atoms with Crippen molar-refractivity contribution in [3.63, 3.8) is 0 Å². The van der Waals surface area contributed by atoms with Crippen molar-refractivity contribution in [1.29, 1.82) is 0 Å². The van der Waals surface area contributed by atoms with Crippen molar-refractivity contribution in [1.82, 2.24) is 0 Å². The molecule has 2 aromatic carbocycles. The van der Waals surface area contributed by atoms with Crippen LogP contribution in [0.15, 0.2) is 36.4 Å². The Morgan fingerprint density at radius 1 is 1.25 bits per heavy atom. The Morgan fingerprint density at radius 3 is 2.83 bits per heavy atom. The molecule has 2 N–H and O–H groups in total. The molecular weight excluding hydrogens is 307 g/mol. The molecule has 3 rings (SSSR count). The number of carbonyl (C=O) groups excluding carboxylic acids is 1. The van der Waals surface area contributed by atoms with E-state index in [-0.39, 0.29) is 18.2 Å². The Balaban J connectivity index is 1.76. The van der Waals surface area contributed by atoms with Crippen LogP contribution in [0.4, 0.5) is 15.8 Å². The molecule has 0 saturated carbocycles. The van der Waals surface area contributed by atoms with E-state index in [1.807, 2.05) is 24.3 Å². The van der Waals surface area contributed by atoms with Crippen molar-refractivity contribution in [3.8, 4) is 0 Å². The summed E-state index contributed by atoms with van der Waals surface area (Å²) in [5.41, 5.74) is 10.6. The Hall–Kier alpha value is -2.56. The van der Waals surface area contributed by atoms with Gasteiger partial charge >= 0.3 is 5.97 Å². The quantitative estimate of drug-likeness (QED) is 0.692. The number of fused-ring (bicyclic) bond motifs is 1. The molecule has 126 valence electrons. The number of ether oxygens (including phenoxy) is 1. The highest BCUT2D eigenvalue weighted by atomic mass is 19.1. The lowest BCUT2D eigenvalue weighted by atomic mass is 9.99. The van der Waals surface area contributed by atoms with Crippen molar-refractivity contribution in [2.24, 2.45) is 0 Å². The molecule has 0 atom stereocenters. The maximum absolute atomic E-state index is 13.4. The minimum absolute atomic E-state index is 0.175. The second-order valence-electron chi connectivity index (χ2n) is 5.95. The number of esters is 1.